The van der Waals surface area contributed by atoms with E-state index in [9.17, 15) is 20.3 Å². The number of nitrogens with zero attached hydrogens (tertiary/aromatic N) is 1. The Labute approximate surface area is 227 Å². The average Bonchev–Trinajstić information content (AvgIpc) is 2.64. The summed E-state index contributed by atoms with van der Waals surface area (Å²) in [6.07, 6.45) is 0. The molecule has 2 rings (SSSR count). The van der Waals surface area contributed by atoms with Crippen molar-refractivity contribution in [2.75, 3.05) is 5.73 Å². The number of phenolic OH excluding ortho intramolecular Hbond substituents is 2. The number of benzene rings is 2. The molecule has 38 heavy (non-hydrogen) atoms. The minimum absolute atomic E-state index is 0. The van der Waals surface area contributed by atoms with Crippen molar-refractivity contribution < 1.29 is 25.0 Å². The normalized spacial score (nSPS) is 11.7. The molecule has 0 spiro atoms. The van der Waals surface area contributed by atoms with Gasteiger partial charge in [-0.25, -0.2) is 0 Å². The van der Waals surface area contributed by atoms with Crippen molar-refractivity contribution in [3.63, 3.8) is 0 Å². The van der Waals surface area contributed by atoms with Crippen molar-refractivity contribution in [2.24, 2.45) is 0 Å². The molecule has 0 heterocycles. The van der Waals surface area contributed by atoms with Crippen molar-refractivity contribution in [1.29, 1.82) is 0 Å². The Hall–Kier alpha value is -3.33. The molecule has 0 saturated carbocycles. The number of carboxylic acid groups (broad SMARTS) is 1. The Kier molecular flexibility index (Phi) is 12.6. The Bertz CT molecular complexity index is 1060. The van der Waals surface area contributed by atoms with Gasteiger partial charge < -0.3 is 27.2 Å². The summed E-state index contributed by atoms with van der Waals surface area (Å²) < 4.78 is 0. The van der Waals surface area contributed by atoms with Crippen molar-refractivity contribution in [2.45, 2.75) is 105 Å². The highest BCUT2D eigenvalue weighted by molar-refractivity contribution is 5.58. The molecule has 0 aliphatic carbocycles. The molecule has 0 unspecified atom stereocenters. The van der Waals surface area contributed by atoms with Crippen LogP contribution in [-0.2, 0) is 26.5 Å². The van der Waals surface area contributed by atoms with Crippen LogP contribution < -0.4 is 11.9 Å². The summed E-state index contributed by atoms with van der Waals surface area (Å²) in [6.45, 7) is 24.1. The molecular formula is C29H49N3O6. The summed E-state index contributed by atoms with van der Waals surface area (Å²) in [7, 11) is 0. The van der Waals surface area contributed by atoms with E-state index < -0.39 is 4.92 Å². The fourth-order valence-electron chi connectivity index (χ4n) is 3.78. The van der Waals surface area contributed by atoms with Crippen LogP contribution in [0.5, 0.6) is 11.5 Å². The number of hydrogen-bond donors (Lipinski definition) is 5. The largest absolute Gasteiger partial charge is 0.508 e. The summed E-state index contributed by atoms with van der Waals surface area (Å²) in [5, 5.41) is 37.9. The van der Waals surface area contributed by atoms with Crippen LogP contribution >= 0.6 is 0 Å². The van der Waals surface area contributed by atoms with Gasteiger partial charge in [0.15, 0.2) is 0 Å². The van der Waals surface area contributed by atoms with Gasteiger partial charge in [0, 0.05) is 22.9 Å². The molecule has 2 aromatic rings. The van der Waals surface area contributed by atoms with Gasteiger partial charge in [0.2, 0.25) is 0 Å². The maximum absolute atomic E-state index is 11.1. The minimum atomic E-state index is -0.438. The fourth-order valence-corrected chi connectivity index (χ4v) is 3.78. The third-order valence-corrected chi connectivity index (χ3v) is 5.71. The zero-order valence-corrected chi connectivity index (χ0v) is 25.2. The molecule has 0 saturated heterocycles. The van der Waals surface area contributed by atoms with E-state index in [1.165, 1.54) is 6.07 Å². The zero-order valence-electron chi connectivity index (χ0n) is 25.2. The van der Waals surface area contributed by atoms with Crippen LogP contribution in [0.2, 0.25) is 0 Å². The number of rotatable bonds is 1. The summed E-state index contributed by atoms with van der Waals surface area (Å²) in [6, 6.07) is 6.72. The molecule has 0 amide bonds. The summed E-state index contributed by atoms with van der Waals surface area (Å²) in [5.41, 5.74) is 9.37. The van der Waals surface area contributed by atoms with Gasteiger partial charge in [0.05, 0.1) is 11.0 Å². The highest BCUT2D eigenvalue weighted by atomic mass is 16.6. The van der Waals surface area contributed by atoms with Crippen molar-refractivity contribution >= 4 is 17.8 Å². The third kappa shape index (κ3) is 10.2. The van der Waals surface area contributed by atoms with Gasteiger partial charge in [-0.2, -0.15) is 0 Å². The van der Waals surface area contributed by atoms with Gasteiger partial charge in [0.25, 0.3) is 12.2 Å². The second kappa shape index (κ2) is 13.0. The first-order valence-corrected chi connectivity index (χ1v) is 12.1. The number of aromatic hydroxyl groups is 2. The SMILES string of the molecule is CC(C)(C)c1cc(C(C)(C)C)c(O)cc1N.CC(C)(C)c1cc(C(C)(C)C)c([N+](=O)[O-])cc1O.N.O=CO. The van der Waals surface area contributed by atoms with Gasteiger partial charge in [0.1, 0.15) is 11.5 Å². The minimum Gasteiger partial charge on any atom is -0.508 e. The van der Waals surface area contributed by atoms with Crippen molar-refractivity contribution in [1.82, 2.24) is 6.15 Å². The first-order chi connectivity index (χ1) is 16.4. The predicted octanol–water partition coefficient (Wildman–Crippen LogP) is 7.33. The Morgan fingerprint density at radius 1 is 0.684 bits per heavy atom. The number of nitrogens with two attached hydrogens (primary N) is 1. The van der Waals surface area contributed by atoms with E-state index in [0.717, 1.165) is 16.7 Å². The molecule has 0 atom stereocenters. The van der Waals surface area contributed by atoms with Gasteiger partial charge in [-0.3, -0.25) is 14.9 Å². The lowest BCUT2D eigenvalue weighted by molar-refractivity contribution is -0.386. The van der Waals surface area contributed by atoms with E-state index in [4.69, 9.17) is 15.6 Å². The molecule has 216 valence electrons. The fraction of sp³-hybridized carbons (Fsp3) is 0.552. The second-order valence-electron chi connectivity index (χ2n) is 13.2. The smallest absolute Gasteiger partial charge is 0.290 e. The van der Waals surface area contributed by atoms with Crippen molar-refractivity contribution in [3.05, 3.63) is 56.6 Å². The quantitative estimate of drug-likeness (QED) is 0.109. The van der Waals surface area contributed by atoms with Gasteiger partial charge >= 0.3 is 0 Å². The molecule has 0 aliphatic heterocycles. The standard InChI is InChI=1S/C14H21NO3.C14H23NO.CH2O2.H3N/c1-13(2,3)9-7-10(14(4,5)6)12(16)8-11(9)15(17)18;1-13(2,3)9-7-10(14(4,5)6)12(16)8-11(9)15;2-1-3;/h7-8,16H,1-6H3;7-8,16H,15H2,1-6H3;1H,(H,2,3);1H3. The van der Waals surface area contributed by atoms with Crippen LogP contribution in [-0.4, -0.2) is 26.7 Å². The van der Waals surface area contributed by atoms with Crippen LogP contribution in [0.4, 0.5) is 11.4 Å². The first-order valence-electron chi connectivity index (χ1n) is 12.1. The highest BCUT2D eigenvalue weighted by Gasteiger charge is 2.30. The van der Waals surface area contributed by atoms with E-state index in [1.54, 1.807) is 12.1 Å². The summed E-state index contributed by atoms with van der Waals surface area (Å²) in [4.78, 5) is 19.0. The van der Waals surface area contributed by atoms with E-state index in [0.29, 0.717) is 11.3 Å². The Morgan fingerprint density at radius 2 is 0.974 bits per heavy atom. The maximum Gasteiger partial charge on any atom is 0.290 e. The number of carbonyl (C=O) groups is 1. The second-order valence-corrected chi connectivity index (χ2v) is 13.2. The molecule has 2 aromatic carbocycles. The van der Waals surface area contributed by atoms with Crippen LogP contribution in [0.1, 0.15) is 105 Å². The molecule has 9 nitrogen and oxygen atoms in total. The number of hydrogen-bond acceptors (Lipinski definition) is 7. The number of phenols is 2. The van der Waals surface area contributed by atoms with Crippen LogP contribution in [0.3, 0.4) is 0 Å². The van der Waals surface area contributed by atoms with Gasteiger partial charge in [-0.15, -0.1) is 0 Å². The summed E-state index contributed by atoms with van der Waals surface area (Å²) in [5.74, 6) is 0.278. The molecule has 0 radical (unpaired) electrons. The summed E-state index contributed by atoms with van der Waals surface area (Å²) >= 11 is 0. The molecule has 0 fully saturated rings. The number of nitrogen functional groups attached to an aromatic ring is 1. The molecule has 0 bridgehead atoms. The molecule has 0 aromatic heterocycles. The molecular weight excluding hydrogens is 486 g/mol. The lowest BCUT2D eigenvalue weighted by Crippen LogP contribution is -2.18. The number of anilines is 1. The molecule has 8 N–H and O–H groups in total. The Balaban J connectivity index is 0. The van der Waals surface area contributed by atoms with Crippen LogP contribution in [0.15, 0.2) is 24.3 Å². The van der Waals surface area contributed by atoms with Crippen LogP contribution in [0.25, 0.3) is 0 Å². The average molecular weight is 536 g/mol. The lowest BCUT2D eigenvalue weighted by Gasteiger charge is -2.27. The van der Waals surface area contributed by atoms with Gasteiger partial charge in [-0.1, -0.05) is 83.1 Å². The monoisotopic (exact) mass is 535 g/mol. The van der Waals surface area contributed by atoms with E-state index in [1.807, 2.05) is 47.6 Å². The van der Waals surface area contributed by atoms with E-state index in [2.05, 4.69) is 41.5 Å². The number of nitro groups is 1. The zero-order chi connectivity index (χ0) is 29.7. The Morgan fingerprint density at radius 3 is 1.26 bits per heavy atom. The van der Waals surface area contributed by atoms with E-state index in [-0.39, 0.29) is 51.5 Å². The molecule has 0 aliphatic rings. The van der Waals surface area contributed by atoms with Gasteiger partial charge in [-0.05, 0) is 44.9 Å². The third-order valence-electron chi connectivity index (χ3n) is 5.71. The predicted molar refractivity (Wildman–Crippen MR) is 156 cm³/mol. The molecule has 9 heteroatoms. The topological polar surface area (TPSA) is 182 Å². The highest BCUT2D eigenvalue weighted by Crippen LogP contribution is 2.40. The maximum atomic E-state index is 11.1. The number of nitro benzene ring substituents is 1. The lowest BCUT2D eigenvalue weighted by atomic mass is 9.79. The first kappa shape index (κ1) is 36.8. The van der Waals surface area contributed by atoms with Crippen molar-refractivity contribution in [3.8, 4) is 11.5 Å². The van der Waals surface area contributed by atoms with E-state index >= 15 is 0 Å². The van der Waals surface area contributed by atoms with Crippen LogP contribution in [0, 0.1) is 10.1 Å².